The molecule has 0 fully saturated rings. The standard InChI is InChI=1S/C15H19FN2O2/c1-4-5-18-9-12(8-17-18)20-15-6-10(2)14(16)7-13(15)11(3)19/h6-9,11,19H,4-5H2,1-3H3/t11-/m0/s1. The van der Waals surface area contributed by atoms with Gasteiger partial charge in [-0.15, -0.1) is 0 Å². The quantitative estimate of drug-likeness (QED) is 0.909. The van der Waals surface area contributed by atoms with E-state index in [9.17, 15) is 9.50 Å². The number of ether oxygens (including phenoxy) is 1. The first-order valence-electron chi connectivity index (χ1n) is 6.69. The van der Waals surface area contributed by atoms with Gasteiger partial charge in [0.25, 0.3) is 0 Å². The third-order valence-corrected chi connectivity index (χ3v) is 3.03. The minimum Gasteiger partial charge on any atom is -0.454 e. The molecular formula is C15H19FN2O2. The van der Waals surface area contributed by atoms with Crippen LogP contribution in [0.5, 0.6) is 11.5 Å². The van der Waals surface area contributed by atoms with E-state index < -0.39 is 6.10 Å². The van der Waals surface area contributed by atoms with Crippen molar-refractivity contribution in [3.05, 3.63) is 41.5 Å². The van der Waals surface area contributed by atoms with E-state index in [0.717, 1.165) is 13.0 Å². The van der Waals surface area contributed by atoms with Gasteiger partial charge < -0.3 is 9.84 Å². The van der Waals surface area contributed by atoms with E-state index in [-0.39, 0.29) is 5.82 Å². The number of aromatic nitrogens is 2. The fraction of sp³-hybridized carbons (Fsp3) is 0.400. The lowest BCUT2D eigenvalue weighted by Gasteiger charge is -2.13. The highest BCUT2D eigenvalue weighted by Gasteiger charge is 2.14. The predicted molar refractivity (Wildman–Crippen MR) is 74.4 cm³/mol. The second-order valence-corrected chi connectivity index (χ2v) is 4.86. The summed E-state index contributed by atoms with van der Waals surface area (Å²) in [5, 5.41) is 13.9. The maximum absolute atomic E-state index is 13.6. The molecule has 0 aliphatic heterocycles. The average Bonchev–Trinajstić information content (AvgIpc) is 2.81. The van der Waals surface area contributed by atoms with E-state index in [4.69, 9.17) is 4.74 Å². The molecule has 20 heavy (non-hydrogen) atoms. The lowest BCUT2D eigenvalue weighted by molar-refractivity contribution is 0.195. The van der Waals surface area contributed by atoms with E-state index >= 15 is 0 Å². The largest absolute Gasteiger partial charge is 0.454 e. The number of hydrogen-bond donors (Lipinski definition) is 1. The number of benzene rings is 1. The van der Waals surface area contributed by atoms with E-state index in [1.165, 1.54) is 6.07 Å². The normalized spacial score (nSPS) is 12.4. The first kappa shape index (κ1) is 14.5. The Morgan fingerprint density at radius 2 is 2.20 bits per heavy atom. The molecule has 2 rings (SSSR count). The van der Waals surface area contributed by atoms with Crippen LogP contribution in [0, 0.1) is 12.7 Å². The molecule has 1 N–H and O–H groups in total. The van der Waals surface area contributed by atoms with E-state index in [0.29, 0.717) is 22.6 Å². The highest BCUT2D eigenvalue weighted by atomic mass is 19.1. The SMILES string of the molecule is CCCn1cc(Oc2cc(C)c(F)cc2[C@H](C)O)cn1. The molecule has 0 radical (unpaired) electrons. The van der Waals surface area contributed by atoms with Crippen molar-refractivity contribution >= 4 is 0 Å². The molecule has 0 aliphatic carbocycles. The summed E-state index contributed by atoms with van der Waals surface area (Å²) in [6.07, 6.45) is 3.58. The maximum Gasteiger partial charge on any atom is 0.165 e. The van der Waals surface area contributed by atoms with Gasteiger partial charge in [-0.2, -0.15) is 5.10 Å². The van der Waals surface area contributed by atoms with Gasteiger partial charge in [0.05, 0.1) is 18.5 Å². The van der Waals surface area contributed by atoms with Crippen molar-refractivity contribution in [1.82, 2.24) is 9.78 Å². The van der Waals surface area contributed by atoms with Crippen molar-refractivity contribution in [2.45, 2.75) is 39.8 Å². The zero-order valence-electron chi connectivity index (χ0n) is 11.9. The van der Waals surface area contributed by atoms with Crippen molar-refractivity contribution < 1.29 is 14.2 Å². The number of nitrogens with zero attached hydrogens (tertiary/aromatic N) is 2. The van der Waals surface area contributed by atoms with Crippen LogP contribution in [-0.2, 0) is 6.54 Å². The molecular weight excluding hydrogens is 259 g/mol. The Hall–Kier alpha value is -1.88. The summed E-state index contributed by atoms with van der Waals surface area (Å²) in [7, 11) is 0. The molecule has 0 unspecified atom stereocenters. The Bertz CT molecular complexity index is 594. The van der Waals surface area contributed by atoms with Gasteiger partial charge in [-0.3, -0.25) is 4.68 Å². The number of hydrogen-bond acceptors (Lipinski definition) is 3. The number of aliphatic hydroxyl groups is 1. The Morgan fingerprint density at radius 3 is 2.85 bits per heavy atom. The van der Waals surface area contributed by atoms with Gasteiger partial charge in [0, 0.05) is 12.1 Å². The van der Waals surface area contributed by atoms with Crippen LogP contribution in [0.3, 0.4) is 0 Å². The molecule has 0 amide bonds. The molecule has 0 spiro atoms. The minimum atomic E-state index is -0.800. The van der Waals surface area contributed by atoms with Gasteiger partial charge in [0.15, 0.2) is 5.75 Å². The fourth-order valence-electron chi connectivity index (χ4n) is 1.96. The van der Waals surface area contributed by atoms with Crippen LogP contribution in [0.2, 0.25) is 0 Å². The van der Waals surface area contributed by atoms with Crippen LogP contribution in [-0.4, -0.2) is 14.9 Å². The summed E-state index contributed by atoms with van der Waals surface area (Å²) in [4.78, 5) is 0. The lowest BCUT2D eigenvalue weighted by Crippen LogP contribution is -1.99. The zero-order chi connectivity index (χ0) is 14.7. The van der Waals surface area contributed by atoms with Gasteiger partial charge in [0.1, 0.15) is 11.6 Å². The predicted octanol–water partition coefficient (Wildman–Crippen LogP) is 3.59. The van der Waals surface area contributed by atoms with E-state index in [2.05, 4.69) is 12.0 Å². The molecule has 1 aromatic heterocycles. The number of rotatable bonds is 5. The Morgan fingerprint density at radius 1 is 1.45 bits per heavy atom. The molecule has 5 heteroatoms. The van der Waals surface area contributed by atoms with Gasteiger partial charge >= 0.3 is 0 Å². The molecule has 4 nitrogen and oxygen atoms in total. The second-order valence-electron chi connectivity index (χ2n) is 4.86. The van der Waals surface area contributed by atoms with Gasteiger partial charge in [-0.1, -0.05) is 6.92 Å². The summed E-state index contributed by atoms with van der Waals surface area (Å²) in [5.74, 6) is 0.677. The first-order valence-corrected chi connectivity index (χ1v) is 6.69. The smallest absolute Gasteiger partial charge is 0.165 e. The van der Waals surface area contributed by atoms with Crippen molar-refractivity contribution in [2.75, 3.05) is 0 Å². The molecule has 0 saturated carbocycles. The number of aryl methyl sites for hydroxylation is 2. The van der Waals surface area contributed by atoms with Crippen LogP contribution < -0.4 is 4.74 Å². The summed E-state index contributed by atoms with van der Waals surface area (Å²) >= 11 is 0. The van der Waals surface area contributed by atoms with Gasteiger partial charge in [-0.25, -0.2) is 4.39 Å². The van der Waals surface area contributed by atoms with Crippen molar-refractivity contribution in [3.63, 3.8) is 0 Å². The van der Waals surface area contributed by atoms with Gasteiger partial charge in [0.2, 0.25) is 0 Å². The molecule has 0 aliphatic rings. The monoisotopic (exact) mass is 278 g/mol. The first-order chi connectivity index (χ1) is 9.51. The molecule has 1 aromatic carbocycles. The van der Waals surface area contributed by atoms with Crippen molar-refractivity contribution in [3.8, 4) is 11.5 Å². The van der Waals surface area contributed by atoms with Crippen LogP contribution in [0.4, 0.5) is 4.39 Å². The van der Waals surface area contributed by atoms with Gasteiger partial charge in [-0.05, 0) is 38.0 Å². The summed E-state index contributed by atoms with van der Waals surface area (Å²) in [6, 6.07) is 2.90. The highest BCUT2D eigenvalue weighted by Crippen LogP contribution is 2.31. The van der Waals surface area contributed by atoms with Crippen LogP contribution >= 0.6 is 0 Å². The fourth-order valence-corrected chi connectivity index (χ4v) is 1.96. The molecule has 0 bridgehead atoms. The molecule has 1 atom stereocenters. The summed E-state index contributed by atoms with van der Waals surface area (Å²) in [6.45, 7) is 6.12. The molecule has 108 valence electrons. The number of aliphatic hydroxyl groups excluding tert-OH is 1. The van der Waals surface area contributed by atoms with Crippen LogP contribution in [0.15, 0.2) is 24.5 Å². The second kappa shape index (κ2) is 6.05. The number of halogens is 1. The Balaban J connectivity index is 2.29. The van der Waals surface area contributed by atoms with Crippen molar-refractivity contribution in [1.29, 1.82) is 0 Å². The van der Waals surface area contributed by atoms with Crippen molar-refractivity contribution in [2.24, 2.45) is 0 Å². The third-order valence-electron chi connectivity index (χ3n) is 3.03. The highest BCUT2D eigenvalue weighted by molar-refractivity contribution is 5.41. The Labute approximate surface area is 117 Å². The van der Waals surface area contributed by atoms with Crippen LogP contribution in [0.25, 0.3) is 0 Å². The molecule has 2 aromatic rings. The molecule has 0 saturated heterocycles. The lowest BCUT2D eigenvalue weighted by atomic mass is 10.1. The topological polar surface area (TPSA) is 47.3 Å². The maximum atomic E-state index is 13.6. The average molecular weight is 278 g/mol. The minimum absolute atomic E-state index is 0.352. The Kier molecular flexibility index (Phi) is 4.39. The zero-order valence-corrected chi connectivity index (χ0v) is 11.9. The van der Waals surface area contributed by atoms with E-state index in [1.54, 1.807) is 37.0 Å². The summed E-state index contributed by atoms with van der Waals surface area (Å²) in [5.41, 5.74) is 0.904. The molecule has 1 heterocycles. The summed E-state index contributed by atoms with van der Waals surface area (Å²) < 4.78 is 21.1. The van der Waals surface area contributed by atoms with Crippen LogP contribution in [0.1, 0.15) is 37.5 Å². The third kappa shape index (κ3) is 3.17. The van der Waals surface area contributed by atoms with E-state index in [1.807, 2.05) is 0 Å².